The number of thioether (sulfide) groups is 1. The van der Waals surface area contributed by atoms with E-state index in [0.29, 0.717) is 5.25 Å². The molecule has 0 bridgehead atoms. The summed E-state index contributed by atoms with van der Waals surface area (Å²) >= 11 is 1.88. The van der Waals surface area contributed by atoms with Crippen LogP contribution in [0.15, 0.2) is 24.4 Å². The van der Waals surface area contributed by atoms with Crippen molar-refractivity contribution >= 4 is 17.4 Å². The van der Waals surface area contributed by atoms with Crippen molar-refractivity contribution in [2.45, 2.75) is 25.6 Å². The Bertz CT molecular complexity index is 492. The number of fused-ring (bicyclic) bond motifs is 1. The maximum Gasteiger partial charge on any atom is 0.137 e. The standard InChI is InChI=1S/C13H19N3S/c1-10(17-3)8-14-9-12-11(2)15-13-6-4-5-7-16(12)13/h4-7,10,14H,8-9H2,1-3H3. The highest BCUT2D eigenvalue weighted by Crippen LogP contribution is 2.11. The molecular weight excluding hydrogens is 230 g/mol. The molecule has 2 rings (SSSR count). The number of aryl methyl sites for hydroxylation is 1. The third-order valence-electron chi connectivity index (χ3n) is 2.96. The van der Waals surface area contributed by atoms with E-state index < -0.39 is 0 Å². The Morgan fingerprint density at radius 2 is 2.29 bits per heavy atom. The van der Waals surface area contributed by atoms with Crippen molar-refractivity contribution in [3.63, 3.8) is 0 Å². The largest absolute Gasteiger partial charge is 0.310 e. The van der Waals surface area contributed by atoms with Gasteiger partial charge in [-0.15, -0.1) is 0 Å². The van der Waals surface area contributed by atoms with E-state index in [2.05, 4.69) is 41.0 Å². The van der Waals surface area contributed by atoms with E-state index in [0.717, 1.165) is 24.4 Å². The van der Waals surface area contributed by atoms with Gasteiger partial charge < -0.3 is 9.72 Å². The predicted octanol–water partition coefficient (Wildman–Crippen LogP) is 2.48. The molecule has 17 heavy (non-hydrogen) atoms. The van der Waals surface area contributed by atoms with Crippen LogP contribution >= 0.6 is 11.8 Å². The minimum absolute atomic E-state index is 0.648. The predicted molar refractivity (Wildman–Crippen MR) is 74.6 cm³/mol. The van der Waals surface area contributed by atoms with Gasteiger partial charge in [0.1, 0.15) is 5.65 Å². The van der Waals surface area contributed by atoms with Crippen LogP contribution in [0, 0.1) is 6.92 Å². The lowest BCUT2D eigenvalue weighted by Gasteiger charge is -2.10. The molecule has 0 aliphatic rings. The van der Waals surface area contributed by atoms with Gasteiger partial charge in [-0.2, -0.15) is 11.8 Å². The molecule has 2 aromatic heterocycles. The molecule has 2 heterocycles. The summed E-state index contributed by atoms with van der Waals surface area (Å²) < 4.78 is 2.16. The SMILES string of the molecule is CSC(C)CNCc1c(C)nc2ccccn12. The molecule has 1 atom stereocenters. The fraction of sp³-hybridized carbons (Fsp3) is 0.462. The van der Waals surface area contributed by atoms with Gasteiger partial charge in [-0.25, -0.2) is 4.98 Å². The summed E-state index contributed by atoms with van der Waals surface area (Å²) in [5.41, 5.74) is 3.40. The zero-order valence-electron chi connectivity index (χ0n) is 10.6. The number of hydrogen-bond acceptors (Lipinski definition) is 3. The normalized spacial score (nSPS) is 13.1. The molecule has 0 fully saturated rings. The summed E-state index contributed by atoms with van der Waals surface area (Å²) in [7, 11) is 0. The molecule has 4 heteroatoms. The van der Waals surface area contributed by atoms with Crippen molar-refractivity contribution in [3.8, 4) is 0 Å². The van der Waals surface area contributed by atoms with E-state index in [1.807, 2.05) is 30.0 Å². The number of aromatic nitrogens is 2. The van der Waals surface area contributed by atoms with E-state index in [4.69, 9.17) is 0 Å². The summed E-state index contributed by atoms with van der Waals surface area (Å²) in [6, 6.07) is 6.11. The first-order valence-corrected chi connectivity index (χ1v) is 7.17. The minimum Gasteiger partial charge on any atom is -0.310 e. The third-order valence-corrected chi connectivity index (χ3v) is 3.93. The second-order valence-corrected chi connectivity index (χ2v) is 5.53. The number of nitrogens with one attached hydrogen (secondary N) is 1. The lowest BCUT2D eigenvalue weighted by Crippen LogP contribution is -2.23. The lowest BCUT2D eigenvalue weighted by atomic mass is 10.3. The second kappa shape index (κ2) is 5.56. The highest BCUT2D eigenvalue weighted by atomic mass is 32.2. The van der Waals surface area contributed by atoms with Gasteiger partial charge in [0, 0.05) is 24.5 Å². The van der Waals surface area contributed by atoms with Crippen molar-refractivity contribution < 1.29 is 0 Å². The number of pyridine rings is 1. The summed E-state index contributed by atoms with van der Waals surface area (Å²) in [5.74, 6) is 0. The maximum atomic E-state index is 4.55. The lowest BCUT2D eigenvalue weighted by molar-refractivity contribution is 0.666. The van der Waals surface area contributed by atoms with Gasteiger partial charge in [-0.3, -0.25) is 0 Å². The average Bonchev–Trinajstić information content (AvgIpc) is 2.66. The van der Waals surface area contributed by atoms with E-state index in [-0.39, 0.29) is 0 Å². The smallest absolute Gasteiger partial charge is 0.137 e. The van der Waals surface area contributed by atoms with Gasteiger partial charge in [-0.05, 0) is 25.3 Å². The Morgan fingerprint density at radius 3 is 3.06 bits per heavy atom. The first-order valence-electron chi connectivity index (χ1n) is 5.88. The van der Waals surface area contributed by atoms with Crippen molar-refractivity contribution in [2.75, 3.05) is 12.8 Å². The third kappa shape index (κ3) is 2.82. The summed E-state index contributed by atoms with van der Waals surface area (Å²) in [4.78, 5) is 4.55. The summed E-state index contributed by atoms with van der Waals surface area (Å²) in [5, 5.41) is 4.14. The van der Waals surface area contributed by atoms with E-state index in [1.54, 1.807) is 0 Å². The van der Waals surface area contributed by atoms with Gasteiger partial charge in [0.25, 0.3) is 0 Å². The van der Waals surface area contributed by atoms with Crippen molar-refractivity contribution in [3.05, 3.63) is 35.8 Å². The summed E-state index contributed by atoms with van der Waals surface area (Å²) in [6.45, 7) is 6.21. The Labute approximate surface area is 107 Å². The average molecular weight is 249 g/mol. The van der Waals surface area contributed by atoms with E-state index in [1.165, 1.54) is 5.69 Å². The molecular formula is C13H19N3S. The van der Waals surface area contributed by atoms with Crippen LogP contribution in [0.4, 0.5) is 0 Å². The highest BCUT2D eigenvalue weighted by molar-refractivity contribution is 7.99. The van der Waals surface area contributed by atoms with Crippen LogP contribution in [-0.4, -0.2) is 27.4 Å². The van der Waals surface area contributed by atoms with Crippen LogP contribution in [-0.2, 0) is 6.54 Å². The monoisotopic (exact) mass is 249 g/mol. The van der Waals surface area contributed by atoms with Crippen LogP contribution in [0.2, 0.25) is 0 Å². The van der Waals surface area contributed by atoms with Crippen molar-refractivity contribution in [1.82, 2.24) is 14.7 Å². The number of nitrogens with zero attached hydrogens (tertiary/aromatic N) is 2. The Morgan fingerprint density at radius 1 is 1.47 bits per heavy atom. The molecule has 0 aliphatic heterocycles. The van der Waals surface area contributed by atoms with Crippen LogP contribution < -0.4 is 5.32 Å². The molecule has 1 unspecified atom stereocenters. The van der Waals surface area contributed by atoms with Crippen LogP contribution in [0.5, 0.6) is 0 Å². The topological polar surface area (TPSA) is 29.3 Å². The van der Waals surface area contributed by atoms with Gasteiger partial charge in [-0.1, -0.05) is 13.0 Å². The van der Waals surface area contributed by atoms with E-state index >= 15 is 0 Å². The second-order valence-electron chi connectivity index (χ2n) is 4.25. The number of hydrogen-bond donors (Lipinski definition) is 1. The molecule has 0 aliphatic carbocycles. The molecule has 0 amide bonds. The van der Waals surface area contributed by atoms with Crippen molar-refractivity contribution in [1.29, 1.82) is 0 Å². The molecule has 92 valence electrons. The van der Waals surface area contributed by atoms with Crippen molar-refractivity contribution in [2.24, 2.45) is 0 Å². The number of imidazole rings is 1. The van der Waals surface area contributed by atoms with E-state index in [9.17, 15) is 0 Å². The first-order chi connectivity index (χ1) is 8.22. The minimum atomic E-state index is 0.648. The fourth-order valence-electron chi connectivity index (χ4n) is 1.85. The molecule has 0 radical (unpaired) electrons. The van der Waals surface area contributed by atoms with Crippen LogP contribution in [0.25, 0.3) is 5.65 Å². The molecule has 1 N–H and O–H groups in total. The first kappa shape index (κ1) is 12.5. The molecule has 2 aromatic rings. The number of rotatable bonds is 5. The van der Waals surface area contributed by atoms with Gasteiger partial charge in [0.2, 0.25) is 0 Å². The quantitative estimate of drug-likeness (QED) is 0.883. The van der Waals surface area contributed by atoms with Crippen LogP contribution in [0.1, 0.15) is 18.3 Å². The fourth-order valence-corrected chi connectivity index (χ4v) is 2.14. The van der Waals surface area contributed by atoms with Crippen LogP contribution in [0.3, 0.4) is 0 Å². The zero-order valence-corrected chi connectivity index (χ0v) is 11.4. The highest BCUT2D eigenvalue weighted by Gasteiger charge is 2.07. The van der Waals surface area contributed by atoms with Gasteiger partial charge in [0.15, 0.2) is 0 Å². The van der Waals surface area contributed by atoms with Gasteiger partial charge >= 0.3 is 0 Å². The molecule has 0 aromatic carbocycles. The molecule has 0 saturated heterocycles. The molecule has 0 saturated carbocycles. The maximum absolute atomic E-state index is 4.55. The Balaban J connectivity index is 2.10. The molecule has 0 spiro atoms. The Hall–Kier alpha value is -1.00. The Kier molecular flexibility index (Phi) is 4.07. The van der Waals surface area contributed by atoms with Gasteiger partial charge in [0.05, 0.1) is 11.4 Å². The molecule has 3 nitrogen and oxygen atoms in total. The summed E-state index contributed by atoms with van der Waals surface area (Å²) in [6.07, 6.45) is 4.22. The zero-order chi connectivity index (χ0) is 12.3.